The molecule has 2 amide bonds. The van der Waals surface area contributed by atoms with E-state index in [4.69, 9.17) is 9.47 Å². The summed E-state index contributed by atoms with van der Waals surface area (Å²) in [4.78, 5) is 31.2. The van der Waals surface area contributed by atoms with E-state index >= 15 is 0 Å². The summed E-state index contributed by atoms with van der Waals surface area (Å²) in [7, 11) is 3.07. The van der Waals surface area contributed by atoms with Crippen LogP contribution in [-0.2, 0) is 11.2 Å². The number of carbonyl (C=O) groups is 2. The second kappa shape index (κ2) is 8.77. The van der Waals surface area contributed by atoms with E-state index in [0.29, 0.717) is 35.2 Å². The van der Waals surface area contributed by atoms with E-state index in [1.54, 1.807) is 25.3 Å². The van der Waals surface area contributed by atoms with Crippen molar-refractivity contribution in [3.8, 4) is 22.8 Å². The van der Waals surface area contributed by atoms with Crippen LogP contribution in [-0.4, -0.2) is 37.6 Å². The van der Waals surface area contributed by atoms with Gasteiger partial charge in [0.15, 0.2) is 5.13 Å². The van der Waals surface area contributed by atoms with Crippen molar-refractivity contribution < 1.29 is 19.1 Å². The number of benzene rings is 2. The summed E-state index contributed by atoms with van der Waals surface area (Å²) < 4.78 is 10.5. The summed E-state index contributed by atoms with van der Waals surface area (Å²) >= 11 is 1.36. The quantitative estimate of drug-likeness (QED) is 0.619. The number of hydrogen-bond donors (Lipinski definition) is 1. The van der Waals surface area contributed by atoms with E-state index in [1.807, 2.05) is 29.3 Å². The molecule has 0 atom stereocenters. The van der Waals surface area contributed by atoms with Crippen LogP contribution in [0.4, 0.5) is 10.8 Å². The predicted molar refractivity (Wildman–Crippen MR) is 121 cm³/mol. The van der Waals surface area contributed by atoms with Gasteiger partial charge in [-0.2, -0.15) is 0 Å². The minimum Gasteiger partial charge on any atom is -0.497 e. The molecule has 0 aliphatic carbocycles. The number of methoxy groups -OCH3 is 2. The standard InChI is InChI=1S/C23H23N3O4S/c1-4-21(27)26-10-9-15-11-14(5-8-19(15)26)18-13-31-23(24-18)25-22(28)17-7-6-16(29-2)12-20(17)30-3/h5-8,11-13H,4,9-10H2,1-3H3,(H,24,25,28). The number of ether oxygens (including phenoxy) is 2. The summed E-state index contributed by atoms with van der Waals surface area (Å²) in [6.07, 6.45) is 1.33. The Morgan fingerprint density at radius 2 is 2.00 bits per heavy atom. The molecule has 7 nitrogen and oxygen atoms in total. The zero-order chi connectivity index (χ0) is 22.0. The second-order valence-electron chi connectivity index (χ2n) is 7.05. The number of fused-ring (bicyclic) bond motifs is 1. The Hall–Kier alpha value is -3.39. The summed E-state index contributed by atoms with van der Waals surface area (Å²) in [6.45, 7) is 2.59. The molecule has 31 heavy (non-hydrogen) atoms. The summed E-state index contributed by atoms with van der Waals surface area (Å²) in [5, 5.41) is 5.25. The predicted octanol–water partition coefficient (Wildman–Crippen LogP) is 4.38. The smallest absolute Gasteiger partial charge is 0.261 e. The topological polar surface area (TPSA) is 80.8 Å². The number of amides is 2. The molecule has 8 heteroatoms. The lowest BCUT2D eigenvalue weighted by molar-refractivity contribution is -0.118. The molecule has 0 bridgehead atoms. The van der Waals surface area contributed by atoms with E-state index in [2.05, 4.69) is 16.4 Å². The first-order valence-electron chi connectivity index (χ1n) is 9.96. The van der Waals surface area contributed by atoms with Crippen molar-refractivity contribution in [3.05, 3.63) is 52.9 Å². The number of aromatic nitrogens is 1. The number of hydrogen-bond acceptors (Lipinski definition) is 6. The number of rotatable bonds is 6. The SMILES string of the molecule is CCC(=O)N1CCc2cc(-c3csc(NC(=O)c4ccc(OC)cc4OC)n3)ccc21. The molecule has 2 heterocycles. The molecule has 0 spiro atoms. The van der Waals surface area contributed by atoms with Crippen LogP contribution in [0.25, 0.3) is 11.3 Å². The molecule has 0 radical (unpaired) electrons. The molecule has 1 N–H and O–H groups in total. The maximum Gasteiger partial charge on any atom is 0.261 e. The highest BCUT2D eigenvalue weighted by atomic mass is 32.1. The van der Waals surface area contributed by atoms with Crippen LogP contribution in [0.15, 0.2) is 41.8 Å². The molecule has 0 fully saturated rings. The van der Waals surface area contributed by atoms with Gasteiger partial charge in [0.2, 0.25) is 5.91 Å². The van der Waals surface area contributed by atoms with Gasteiger partial charge in [-0.1, -0.05) is 13.0 Å². The first-order valence-corrected chi connectivity index (χ1v) is 10.8. The first kappa shape index (κ1) is 20.9. The Morgan fingerprint density at radius 1 is 1.16 bits per heavy atom. The van der Waals surface area contributed by atoms with Crippen LogP contribution >= 0.6 is 11.3 Å². The van der Waals surface area contributed by atoms with Gasteiger partial charge in [0.05, 0.1) is 25.5 Å². The fraction of sp³-hybridized carbons (Fsp3) is 0.261. The third-order valence-electron chi connectivity index (χ3n) is 5.25. The van der Waals surface area contributed by atoms with Gasteiger partial charge in [-0.05, 0) is 36.2 Å². The Labute approximate surface area is 184 Å². The molecular formula is C23H23N3O4S. The fourth-order valence-corrected chi connectivity index (χ4v) is 4.34. The number of carbonyl (C=O) groups excluding carboxylic acids is 2. The van der Waals surface area contributed by atoms with E-state index in [0.717, 1.165) is 28.9 Å². The van der Waals surface area contributed by atoms with Gasteiger partial charge < -0.3 is 14.4 Å². The van der Waals surface area contributed by atoms with Crippen molar-refractivity contribution in [2.24, 2.45) is 0 Å². The number of anilines is 2. The van der Waals surface area contributed by atoms with Gasteiger partial charge in [0.25, 0.3) is 5.91 Å². The molecular weight excluding hydrogens is 414 g/mol. The van der Waals surface area contributed by atoms with Gasteiger partial charge in [-0.25, -0.2) is 4.98 Å². The second-order valence-corrected chi connectivity index (χ2v) is 7.91. The zero-order valence-corrected chi connectivity index (χ0v) is 18.4. The van der Waals surface area contributed by atoms with Gasteiger partial charge in [-0.3, -0.25) is 14.9 Å². The molecule has 0 unspecified atom stereocenters. The van der Waals surface area contributed by atoms with Crippen LogP contribution in [0.2, 0.25) is 0 Å². The van der Waals surface area contributed by atoms with Gasteiger partial charge in [0.1, 0.15) is 11.5 Å². The summed E-state index contributed by atoms with van der Waals surface area (Å²) in [5.74, 6) is 0.876. The number of thiazole rings is 1. The molecule has 160 valence electrons. The van der Waals surface area contributed by atoms with E-state index in [-0.39, 0.29) is 11.8 Å². The Balaban J connectivity index is 1.52. The molecule has 4 rings (SSSR count). The minimum atomic E-state index is -0.303. The van der Waals surface area contributed by atoms with Crippen molar-refractivity contribution in [1.29, 1.82) is 0 Å². The van der Waals surface area contributed by atoms with E-state index in [9.17, 15) is 9.59 Å². The molecule has 1 aliphatic rings. The highest BCUT2D eigenvalue weighted by molar-refractivity contribution is 7.14. The number of nitrogens with zero attached hydrogens (tertiary/aromatic N) is 2. The van der Waals surface area contributed by atoms with Crippen LogP contribution in [0.5, 0.6) is 11.5 Å². The van der Waals surface area contributed by atoms with Crippen LogP contribution in [0, 0.1) is 0 Å². The molecule has 3 aromatic rings. The monoisotopic (exact) mass is 437 g/mol. The third-order valence-corrected chi connectivity index (χ3v) is 6.01. The lowest BCUT2D eigenvalue weighted by Gasteiger charge is -2.16. The van der Waals surface area contributed by atoms with Gasteiger partial charge >= 0.3 is 0 Å². The number of nitrogens with one attached hydrogen (secondary N) is 1. The van der Waals surface area contributed by atoms with Crippen LogP contribution < -0.4 is 19.7 Å². The summed E-state index contributed by atoms with van der Waals surface area (Å²) in [5.41, 5.74) is 4.26. The van der Waals surface area contributed by atoms with Crippen LogP contribution in [0.3, 0.4) is 0 Å². The third kappa shape index (κ3) is 4.11. The maximum absolute atomic E-state index is 12.7. The van der Waals surface area contributed by atoms with E-state index in [1.165, 1.54) is 18.4 Å². The van der Waals surface area contributed by atoms with Crippen molar-refractivity contribution in [1.82, 2.24) is 4.98 Å². The van der Waals surface area contributed by atoms with Crippen LogP contribution in [0.1, 0.15) is 29.3 Å². The maximum atomic E-state index is 12.7. The Bertz CT molecular complexity index is 1140. The van der Waals surface area contributed by atoms with Crippen molar-refractivity contribution in [2.75, 3.05) is 31.0 Å². The van der Waals surface area contributed by atoms with Crippen molar-refractivity contribution in [2.45, 2.75) is 19.8 Å². The Kier molecular flexibility index (Phi) is 5.90. The molecule has 2 aromatic carbocycles. The average molecular weight is 438 g/mol. The molecule has 0 saturated heterocycles. The molecule has 0 saturated carbocycles. The van der Waals surface area contributed by atoms with Gasteiger partial charge in [-0.15, -0.1) is 11.3 Å². The normalized spacial score (nSPS) is 12.4. The highest BCUT2D eigenvalue weighted by Gasteiger charge is 2.24. The average Bonchev–Trinajstić information content (AvgIpc) is 3.44. The molecule has 1 aromatic heterocycles. The first-order chi connectivity index (χ1) is 15.0. The van der Waals surface area contributed by atoms with Gasteiger partial charge in [0, 0.05) is 35.7 Å². The fourth-order valence-electron chi connectivity index (χ4n) is 3.63. The minimum absolute atomic E-state index is 0.138. The van der Waals surface area contributed by atoms with Crippen molar-refractivity contribution in [3.63, 3.8) is 0 Å². The van der Waals surface area contributed by atoms with Crippen molar-refractivity contribution >= 4 is 34.0 Å². The Morgan fingerprint density at radius 3 is 2.74 bits per heavy atom. The summed E-state index contributed by atoms with van der Waals surface area (Å²) in [6, 6.07) is 11.1. The molecule has 1 aliphatic heterocycles. The zero-order valence-electron chi connectivity index (χ0n) is 17.6. The lowest BCUT2D eigenvalue weighted by Crippen LogP contribution is -2.27. The highest BCUT2D eigenvalue weighted by Crippen LogP contribution is 2.34. The lowest BCUT2D eigenvalue weighted by atomic mass is 10.1. The van der Waals surface area contributed by atoms with E-state index < -0.39 is 0 Å². The largest absolute Gasteiger partial charge is 0.497 e.